The van der Waals surface area contributed by atoms with Gasteiger partial charge in [-0.25, -0.2) is 8.93 Å². The average molecular weight is 338 g/mol. The number of pyridine rings is 1. The van der Waals surface area contributed by atoms with Crippen LogP contribution < -0.4 is 9.46 Å². The van der Waals surface area contributed by atoms with Crippen molar-refractivity contribution < 1.29 is 22.1 Å². The molecule has 22 heavy (non-hydrogen) atoms. The molecule has 0 radical (unpaired) electrons. The van der Waals surface area contributed by atoms with Crippen LogP contribution >= 0.6 is 0 Å². The highest BCUT2D eigenvalue weighted by molar-refractivity contribution is 7.84. The maximum atomic E-state index is 12.1. The lowest BCUT2D eigenvalue weighted by atomic mass is 10.1. The van der Waals surface area contributed by atoms with E-state index in [0.717, 1.165) is 0 Å². The van der Waals surface area contributed by atoms with E-state index in [9.17, 15) is 17.4 Å². The summed E-state index contributed by atoms with van der Waals surface area (Å²) in [6.45, 7) is 7.61. The topological polar surface area (TPSA) is 51.2 Å². The molecule has 0 aliphatic rings. The van der Waals surface area contributed by atoms with E-state index in [-0.39, 0.29) is 11.8 Å². The van der Waals surface area contributed by atoms with Crippen molar-refractivity contribution >= 4 is 11.0 Å². The number of rotatable bonds is 5. The van der Waals surface area contributed by atoms with Gasteiger partial charge in [0.2, 0.25) is 0 Å². The third-order valence-corrected chi connectivity index (χ3v) is 4.44. The Morgan fingerprint density at radius 2 is 1.95 bits per heavy atom. The molecule has 4 nitrogen and oxygen atoms in total. The molecule has 0 aromatic carbocycles. The van der Waals surface area contributed by atoms with Crippen LogP contribution in [0.1, 0.15) is 45.0 Å². The van der Waals surface area contributed by atoms with E-state index >= 15 is 0 Å². The van der Waals surface area contributed by atoms with Gasteiger partial charge in [0, 0.05) is 0 Å². The summed E-state index contributed by atoms with van der Waals surface area (Å²) >= 11 is 0. The van der Waals surface area contributed by atoms with Crippen LogP contribution in [0.5, 0.6) is 5.75 Å². The largest absolute Gasteiger partial charge is 0.482 e. The summed E-state index contributed by atoms with van der Waals surface area (Å²) in [6.07, 6.45) is -3.13. The number of hydrogen-bond acceptors (Lipinski definition) is 3. The summed E-state index contributed by atoms with van der Waals surface area (Å²) in [5, 5.41) is 0. The summed E-state index contributed by atoms with van der Waals surface area (Å²) in [5.74, 6) is 0.0882. The summed E-state index contributed by atoms with van der Waals surface area (Å²) < 4.78 is 55.7. The van der Waals surface area contributed by atoms with Gasteiger partial charge in [-0.15, -0.1) is 0 Å². The molecule has 1 rings (SSSR count). The van der Waals surface area contributed by atoms with Gasteiger partial charge in [0.15, 0.2) is 6.61 Å². The van der Waals surface area contributed by atoms with Crippen molar-refractivity contribution in [1.82, 2.24) is 9.71 Å². The Labute approximate surface area is 131 Å². The quantitative estimate of drug-likeness (QED) is 0.895. The first kappa shape index (κ1) is 18.9. The minimum Gasteiger partial charge on any atom is -0.482 e. The van der Waals surface area contributed by atoms with E-state index in [1.165, 1.54) is 6.20 Å². The van der Waals surface area contributed by atoms with Gasteiger partial charge in [-0.2, -0.15) is 13.2 Å². The average Bonchev–Trinajstić information content (AvgIpc) is 2.34. The predicted molar refractivity (Wildman–Crippen MR) is 80.0 cm³/mol. The summed E-state index contributed by atoms with van der Waals surface area (Å²) in [5.41, 5.74) is 1.14. The van der Waals surface area contributed by atoms with Crippen LogP contribution in [0, 0.1) is 6.92 Å². The summed E-state index contributed by atoms with van der Waals surface area (Å²) in [4.78, 5) is 4.09. The maximum Gasteiger partial charge on any atom is 0.422 e. The lowest BCUT2D eigenvalue weighted by Crippen LogP contribution is -2.35. The zero-order valence-corrected chi connectivity index (χ0v) is 14.1. The van der Waals surface area contributed by atoms with Gasteiger partial charge in [0.1, 0.15) is 5.75 Å². The highest BCUT2D eigenvalue weighted by atomic mass is 32.2. The Kier molecular flexibility index (Phi) is 5.97. The van der Waals surface area contributed by atoms with Crippen molar-refractivity contribution in [2.75, 3.05) is 6.61 Å². The van der Waals surface area contributed by atoms with Crippen LogP contribution in [0.3, 0.4) is 0 Å². The van der Waals surface area contributed by atoms with Crippen molar-refractivity contribution in [2.24, 2.45) is 0 Å². The maximum absolute atomic E-state index is 12.1. The number of aromatic nitrogens is 1. The monoisotopic (exact) mass is 338 g/mol. The van der Waals surface area contributed by atoms with E-state index in [1.807, 2.05) is 20.8 Å². The molecule has 0 saturated heterocycles. The molecule has 0 fully saturated rings. The van der Waals surface area contributed by atoms with Gasteiger partial charge in [-0.05, 0) is 46.2 Å². The molecule has 126 valence electrons. The van der Waals surface area contributed by atoms with E-state index in [1.54, 1.807) is 19.9 Å². The van der Waals surface area contributed by atoms with Crippen LogP contribution in [-0.4, -0.2) is 26.7 Å². The molecule has 2 atom stereocenters. The number of aryl methyl sites for hydroxylation is 1. The molecule has 0 aliphatic heterocycles. The van der Waals surface area contributed by atoms with E-state index in [4.69, 9.17) is 4.74 Å². The Balaban J connectivity index is 2.78. The smallest absolute Gasteiger partial charge is 0.422 e. The predicted octanol–water partition coefficient (Wildman–Crippen LogP) is 3.44. The number of halogens is 3. The Bertz CT molecular complexity index is 542. The molecule has 0 saturated carbocycles. The fourth-order valence-electron chi connectivity index (χ4n) is 1.51. The Morgan fingerprint density at radius 3 is 2.41 bits per heavy atom. The van der Waals surface area contributed by atoms with Crippen molar-refractivity contribution in [3.8, 4) is 5.75 Å². The second kappa shape index (κ2) is 6.95. The normalized spacial score (nSPS) is 15.5. The second-order valence-corrected chi connectivity index (χ2v) is 8.00. The van der Waals surface area contributed by atoms with Crippen molar-refractivity contribution in [3.05, 3.63) is 23.5 Å². The third kappa shape index (κ3) is 5.92. The zero-order valence-electron chi connectivity index (χ0n) is 13.2. The SMILES string of the molecule is Cc1cc([C@@H](C)NS(=O)C(C)(C)C)ncc1OCC(F)(F)F. The van der Waals surface area contributed by atoms with Crippen LogP contribution in [0.2, 0.25) is 0 Å². The lowest BCUT2D eigenvalue weighted by Gasteiger charge is -2.22. The highest BCUT2D eigenvalue weighted by Crippen LogP contribution is 2.24. The molecular formula is C14H21F3N2O2S. The van der Waals surface area contributed by atoms with Crippen LogP contribution in [0.25, 0.3) is 0 Å². The van der Waals surface area contributed by atoms with Crippen LogP contribution in [0.4, 0.5) is 13.2 Å². The van der Waals surface area contributed by atoms with Crippen LogP contribution in [-0.2, 0) is 11.0 Å². The Morgan fingerprint density at radius 1 is 1.36 bits per heavy atom. The molecule has 1 aromatic heterocycles. The molecule has 0 aliphatic carbocycles. The van der Waals surface area contributed by atoms with Gasteiger partial charge in [0.25, 0.3) is 0 Å². The minimum atomic E-state index is -4.39. The van der Waals surface area contributed by atoms with E-state index in [0.29, 0.717) is 11.3 Å². The number of hydrogen-bond donors (Lipinski definition) is 1. The molecule has 0 amide bonds. The van der Waals surface area contributed by atoms with E-state index in [2.05, 4.69) is 9.71 Å². The Hall–Kier alpha value is -1.15. The first-order valence-electron chi connectivity index (χ1n) is 6.74. The summed E-state index contributed by atoms with van der Waals surface area (Å²) in [7, 11) is -1.27. The van der Waals surface area contributed by atoms with Gasteiger partial charge >= 0.3 is 6.18 Å². The molecular weight excluding hydrogens is 317 g/mol. The fourth-order valence-corrected chi connectivity index (χ4v) is 2.31. The molecule has 1 heterocycles. The standard InChI is InChI=1S/C14H21F3N2O2S/c1-9-6-11(10(2)19-22(20)13(3,4)5)18-7-12(9)21-8-14(15,16)17/h6-7,10,19H,8H2,1-5H3/t10-,22?/m1/s1. The van der Waals surface area contributed by atoms with Gasteiger partial charge in [-0.3, -0.25) is 4.98 Å². The van der Waals surface area contributed by atoms with Crippen LogP contribution in [0.15, 0.2) is 12.3 Å². The molecule has 0 spiro atoms. The fraction of sp³-hybridized carbons (Fsp3) is 0.643. The first-order valence-corrected chi connectivity index (χ1v) is 7.89. The number of ether oxygens (including phenoxy) is 1. The molecule has 1 unspecified atom stereocenters. The molecule has 1 aromatic rings. The van der Waals surface area contributed by atoms with Gasteiger partial charge in [-0.1, -0.05) is 0 Å². The van der Waals surface area contributed by atoms with Gasteiger partial charge < -0.3 is 4.74 Å². The highest BCUT2D eigenvalue weighted by Gasteiger charge is 2.29. The zero-order chi connectivity index (χ0) is 17.1. The first-order chi connectivity index (χ1) is 9.90. The minimum absolute atomic E-state index is 0.0882. The molecule has 0 bridgehead atoms. The van der Waals surface area contributed by atoms with Crippen molar-refractivity contribution in [2.45, 2.75) is 51.6 Å². The molecule has 1 N–H and O–H groups in total. The molecule has 8 heteroatoms. The third-order valence-electron chi connectivity index (χ3n) is 2.76. The lowest BCUT2D eigenvalue weighted by molar-refractivity contribution is -0.153. The second-order valence-electron chi connectivity index (χ2n) is 6.00. The number of alkyl halides is 3. The number of nitrogens with zero attached hydrogens (tertiary/aromatic N) is 1. The van der Waals surface area contributed by atoms with Crippen molar-refractivity contribution in [1.29, 1.82) is 0 Å². The van der Waals surface area contributed by atoms with Gasteiger partial charge in [0.05, 0.1) is 33.7 Å². The van der Waals surface area contributed by atoms with Crippen molar-refractivity contribution in [3.63, 3.8) is 0 Å². The summed E-state index contributed by atoms with van der Waals surface area (Å²) in [6, 6.07) is 1.33. The van der Waals surface area contributed by atoms with E-state index < -0.39 is 28.5 Å². The number of nitrogens with one attached hydrogen (secondary N) is 1.